The highest BCUT2D eigenvalue weighted by molar-refractivity contribution is 6.31. The Hall–Kier alpha value is -1.48. The Morgan fingerprint density at radius 3 is 2.93 bits per heavy atom. The minimum Gasteiger partial charge on any atom is -0.452 e. The summed E-state index contributed by atoms with van der Waals surface area (Å²) < 4.78 is 6.06. The van der Waals surface area contributed by atoms with Gasteiger partial charge in [0, 0.05) is 16.6 Å². The van der Waals surface area contributed by atoms with Crippen molar-refractivity contribution in [3.8, 4) is 0 Å². The summed E-state index contributed by atoms with van der Waals surface area (Å²) in [6.07, 6.45) is 1.26. The van der Waals surface area contributed by atoms with Crippen LogP contribution in [0.2, 0.25) is 5.02 Å². The van der Waals surface area contributed by atoms with Gasteiger partial charge < -0.3 is 4.74 Å². The number of hydrogen-bond donors (Lipinski definition) is 0. The number of fused-ring (bicyclic) bond motifs is 1. The number of aromatic nitrogens is 1. The van der Waals surface area contributed by atoms with E-state index in [0.29, 0.717) is 5.02 Å². The molecule has 0 saturated carbocycles. The lowest BCUT2D eigenvalue weighted by Gasteiger charge is -2.01. The third-order valence-electron chi connectivity index (χ3n) is 2.02. The summed E-state index contributed by atoms with van der Waals surface area (Å²) in [6.45, 7) is 0. The fourth-order valence-corrected chi connectivity index (χ4v) is 1.55. The first-order valence-corrected chi connectivity index (χ1v) is 4.45. The molecular weight excluding hydrogens is 202 g/mol. The van der Waals surface area contributed by atoms with Crippen LogP contribution in [0.15, 0.2) is 30.5 Å². The SMILES string of the molecule is COC(=O)n1ccc2cc(Cl)ccc21. The number of benzene rings is 1. The maximum absolute atomic E-state index is 11.3. The predicted molar refractivity (Wildman–Crippen MR) is 54.8 cm³/mol. The summed E-state index contributed by atoms with van der Waals surface area (Å²) in [6, 6.07) is 7.15. The quantitative estimate of drug-likeness (QED) is 0.668. The smallest absolute Gasteiger partial charge is 0.418 e. The summed E-state index contributed by atoms with van der Waals surface area (Å²) in [5.74, 6) is 0. The van der Waals surface area contributed by atoms with Gasteiger partial charge in [0.25, 0.3) is 0 Å². The summed E-state index contributed by atoms with van der Waals surface area (Å²) in [5, 5.41) is 1.57. The summed E-state index contributed by atoms with van der Waals surface area (Å²) in [7, 11) is 1.35. The Bertz CT molecular complexity index is 490. The number of carbonyl (C=O) groups excluding carboxylic acids is 1. The molecule has 0 amide bonds. The lowest BCUT2D eigenvalue weighted by molar-refractivity contribution is 0.174. The second-order valence-electron chi connectivity index (χ2n) is 2.86. The maximum Gasteiger partial charge on any atom is 0.418 e. The lowest BCUT2D eigenvalue weighted by Crippen LogP contribution is -2.09. The molecule has 4 heteroatoms. The topological polar surface area (TPSA) is 31.2 Å². The van der Waals surface area contributed by atoms with Crippen LogP contribution in [0.1, 0.15) is 0 Å². The molecular formula is C10H8ClNO2. The Morgan fingerprint density at radius 1 is 1.43 bits per heavy atom. The minimum absolute atomic E-state index is 0.401. The van der Waals surface area contributed by atoms with Gasteiger partial charge in [0.15, 0.2) is 0 Å². The average Bonchev–Trinajstić information content (AvgIpc) is 2.59. The first kappa shape index (κ1) is 9.09. The van der Waals surface area contributed by atoms with Gasteiger partial charge in [-0.15, -0.1) is 0 Å². The number of carbonyl (C=O) groups is 1. The fraction of sp³-hybridized carbons (Fsp3) is 0.100. The van der Waals surface area contributed by atoms with Gasteiger partial charge in [-0.1, -0.05) is 11.6 Å². The van der Waals surface area contributed by atoms with Crippen LogP contribution in [0.5, 0.6) is 0 Å². The molecule has 72 valence electrons. The lowest BCUT2D eigenvalue weighted by atomic mass is 10.2. The highest BCUT2D eigenvalue weighted by Gasteiger charge is 2.07. The van der Waals surface area contributed by atoms with Crippen molar-refractivity contribution in [1.29, 1.82) is 0 Å². The number of hydrogen-bond acceptors (Lipinski definition) is 2. The molecule has 0 saturated heterocycles. The number of nitrogens with zero attached hydrogens (tertiary/aromatic N) is 1. The van der Waals surface area contributed by atoms with Crippen LogP contribution < -0.4 is 0 Å². The van der Waals surface area contributed by atoms with E-state index in [1.807, 2.05) is 6.07 Å². The van der Waals surface area contributed by atoms with E-state index >= 15 is 0 Å². The molecule has 0 aliphatic heterocycles. The number of ether oxygens (including phenoxy) is 1. The van der Waals surface area contributed by atoms with E-state index in [1.54, 1.807) is 24.4 Å². The van der Waals surface area contributed by atoms with Crippen molar-refractivity contribution in [3.63, 3.8) is 0 Å². The van der Waals surface area contributed by atoms with Crippen molar-refractivity contribution < 1.29 is 9.53 Å². The average molecular weight is 210 g/mol. The van der Waals surface area contributed by atoms with Crippen molar-refractivity contribution >= 4 is 28.6 Å². The van der Waals surface area contributed by atoms with Crippen molar-refractivity contribution in [2.75, 3.05) is 7.11 Å². The van der Waals surface area contributed by atoms with E-state index in [9.17, 15) is 4.79 Å². The second-order valence-corrected chi connectivity index (χ2v) is 3.30. The Balaban J connectivity index is 2.64. The van der Waals surface area contributed by atoms with E-state index in [1.165, 1.54) is 11.7 Å². The maximum atomic E-state index is 11.3. The van der Waals surface area contributed by atoms with Gasteiger partial charge in [-0.2, -0.15) is 0 Å². The first-order valence-electron chi connectivity index (χ1n) is 4.07. The largest absolute Gasteiger partial charge is 0.452 e. The van der Waals surface area contributed by atoms with Crippen molar-refractivity contribution in [2.24, 2.45) is 0 Å². The Kier molecular flexibility index (Phi) is 2.17. The van der Waals surface area contributed by atoms with Crippen molar-refractivity contribution in [3.05, 3.63) is 35.5 Å². The molecule has 0 aliphatic carbocycles. The van der Waals surface area contributed by atoms with E-state index < -0.39 is 6.09 Å². The molecule has 1 aromatic heterocycles. The van der Waals surface area contributed by atoms with Crippen LogP contribution in [0.4, 0.5) is 4.79 Å². The number of halogens is 1. The van der Waals surface area contributed by atoms with E-state index in [-0.39, 0.29) is 0 Å². The second kappa shape index (κ2) is 3.35. The molecule has 0 N–H and O–H groups in total. The van der Waals surface area contributed by atoms with Crippen LogP contribution in [-0.2, 0) is 4.74 Å². The zero-order valence-electron chi connectivity index (χ0n) is 7.53. The van der Waals surface area contributed by atoms with Gasteiger partial charge in [-0.05, 0) is 24.3 Å². The molecule has 14 heavy (non-hydrogen) atoms. The highest BCUT2D eigenvalue weighted by Crippen LogP contribution is 2.20. The molecule has 0 radical (unpaired) electrons. The number of methoxy groups -OCH3 is 1. The van der Waals surface area contributed by atoms with Crippen molar-refractivity contribution in [2.45, 2.75) is 0 Å². The summed E-state index contributed by atoms with van der Waals surface area (Å²) in [5.41, 5.74) is 0.793. The molecule has 0 atom stereocenters. The molecule has 0 bridgehead atoms. The molecule has 1 heterocycles. The van der Waals surface area contributed by atoms with Crippen molar-refractivity contribution in [1.82, 2.24) is 4.57 Å². The van der Waals surface area contributed by atoms with Crippen LogP contribution >= 0.6 is 11.6 Å². The summed E-state index contributed by atoms with van der Waals surface area (Å²) in [4.78, 5) is 11.3. The first-order chi connectivity index (χ1) is 6.72. The fourth-order valence-electron chi connectivity index (χ4n) is 1.37. The number of rotatable bonds is 0. The molecule has 0 aliphatic rings. The Labute approximate surface area is 85.8 Å². The van der Waals surface area contributed by atoms with Gasteiger partial charge in [0.1, 0.15) is 0 Å². The predicted octanol–water partition coefficient (Wildman–Crippen LogP) is 2.91. The Morgan fingerprint density at radius 2 is 2.21 bits per heavy atom. The molecule has 3 nitrogen and oxygen atoms in total. The van der Waals surface area contributed by atoms with Crippen LogP contribution in [0.3, 0.4) is 0 Å². The third-order valence-corrected chi connectivity index (χ3v) is 2.26. The third kappa shape index (κ3) is 1.36. The zero-order valence-corrected chi connectivity index (χ0v) is 8.28. The van der Waals surface area contributed by atoms with Gasteiger partial charge in [0.05, 0.1) is 12.6 Å². The monoisotopic (exact) mass is 209 g/mol. The summed E-state index contributed by atoms with van der Waals surface area (Å²) >= 11 is 5.82. The van der Waals surface area contributed by atoms with Crippen LogP contribution in [0.25, 0.3) is 10.9 Å². The van der Waals surface area contributed by atoms with Gasteiger partial charge in [-0.3, -0.25) is 4.57 Å². The zero-order chi connectivity index (χ0) is 10.1. The molecule has 0 spiro atoms. The molecule has 0 fully saturated rings. The van der Waals surface area contributed by atoms with Crippen LogP contribution in [0, 0.1) is 0 Å². The molecule has 0 unspecified atom stereocenters. The van der Waals surface area contributed by atoms with E-state index in [4.69, 9.17) is 11.6 Å². The molecule has 2 aromatic rings. The highest BCUT2D eigenvalue weighted by atomic mass is 35.5. The van der Waals surface area contributed by atoms with E-state index in [2.05, 4.69) is 4.74 Å². The molecule has 2 rings (SSSR count). The van der Waals surface area contributed by atoms with Gasteiger partial charge in [0.2, 0.25) is 0 Å². The van der Waals surface area contributed by atoms with Gasteiger partial charge >= 0.3 is 6.09 Å². The van der Waals surface area contributed by atoms with Gasteiger partial charge in [-0.25, -0.2) is 4.79 Å². The minimum atomic E-state index is -0.401. The normalized spacial score (nSPS) is 10.4. The molecule has 1 aromatic carbocycles. The van der Waals surface area contributed by atoms with E-state index in [0.717, 1.165) is 10.9 Å². The van der Waals surface area contributed by atoms with Crippen LogP contribution in [-0.4, -0.2) is 17.8 Å². The standard InChI is InChI=1S/C10H8ClNO2/c1-14-10(13)12-5-4-7-6-8(11)2-3-9(7)12/h2-6H,1H3.